The quantitative estimate of drug-likeness (QED) is 0.849. The van der Waals surface area contributed by atoms with E-state index in [1.54, 1.807) is 13.0 Å². The molecule has 0 aliphatic rings. The molecule has 3 nitrogen and oxygen atoms in total. The van der Waals surface area contributed by atoms with Crippen LogP contribution in [0.2, 0.25) is 0 Å². The van der Waals surface area contributed by atoms with E-state index in [4.69, 9.17) is 10.5 Å². The van der Waals surface area contributed by atoms with Gasteiger partial charge in [-0.05, 0) is 30.7 Å². The molecule has 0 bridgehead atoms. The molecule has 3 N–H and O–H groups in total. The Morgan fingerprint density at radius 1 is 1.20 bits per heavy atom. The largest absolute Gasteiger partial charge is 0.496 e. The van der Waals surface area contributed by atoms with Gasteiger partial charge in [0.2, 0.25) is 0 Å². The fraction of sp³-hybridized carbons (Fsp3) is 0.200. The fourth-order valence-electron chi connectivity index (χ4n) is 2.11. The highest BCUT2D eigenvalue weighted by Crippen LogP contribution is 2.34. The van der Waals surface area contributed by atoms with Crippen molar-refractivity contribution in [2.75, 3.05) is 12.8 Å². The summed E-state index contributed by atoms with van der Waals surface area (Å²) in [5, 5.41) is 10.2. The third kappa shape index (κ3) is 2.44. The van der Waals surface area contributed by atoms with Gasteiger partial charge in [0.15, 0.2) is 0 Å². The zero-order chi connectivity index (χ0) is 14.9. The Morgan fingerprint density at radius 2 is 1.80 bits per heavy atom. The first-order valence-corrected chi connectivity index (χ1v) is 6.01. The highest BCUT2D eigenvalue weighted by atomic mass is 19.1. The molecule has 0 saturated heterocycles. The van der Waals surface area contributed by atoms with Crippen LogP contribution in [-0.2, 0) is 0 Å². The van der Waals surface area contributed by atoms with Gasteiger partial charge in [0.05, 0.1) is 12.7 Å². The summed E-state index contributed by atoms with van der Waals surface area (Å²) in [5.74, 6) is -1.08. The first kappa shape index (κ1) is 14.3. The lowest BCUT2D eigenvalue weighted by atomic mass is 9.97. The Bertz CT molecular complexity index is 624. The summed E-state index contributed by atoms with van der Waals surface area (Å²) >= 11 is 0. The minimum absolute atomic E-state index is 0.211. The van der Waals surface area contributed by atoms with Gasteiger partial charge in [0.25, 0.3) is 0 Å². The highest BCUT2D eigenvalue weighted by molar-refractivity contribution is 5.57. The number of ether oxygens (including phenoxy) is 1. The van der Waals surface area contributed by atoms with Crippen molar-refractivity contribution < 1.29 is 18.6 Å². The smallest absolute Gasteiger partial charge is 0.132 e. The predicted molar refractivity (Wildman–Crippen MR) is 72.6 cm³/mol. The second kappa shape index (κ2) is 5.46. The lowest BCUT2D eigenvalue weighted by Gasteiger charge is -2.17. The number of aliphatic hydroxyl groups is 1. The normalized spacial score (nSPS) is 12.2. The van der Waals surface area contributed by atoms with Crippen LogP contribution >= 0.6 is 0 Å². The number of nitrogen functional groups attached to an aromatic ring is 1. The van der Waals surface area contributed by atoms with Crippen molar-refractivity contribution in [2.45, 2.75) is 13.0 Å². The number of rotatable bonds is 3. The Morgan fingerprint density at radius 3 is 2.35 bits per heavy atom. The number of aryl methyl sites for hydroxylation is 1. The standard InChI is InChI=1S/C15H15F2NO2/c1-8-6-9(12(18)7-13(8)20-2)15(19)14-10(16)4-3-5-11(14)17/h3-7,15,19H,18H2,1-2H3/t15-/m1/s1. The summed E-state index contributed by atoms with van der Waals surface area (Å²) in [4.78, 5) is 0. The third-order valence-corrected chi connectivity index (χ3v) is 3.17. The van der Waals surface area contributed by atoms with Gasteiger partial charge in [0.1, 0.15) is 23.5 Å². The zero-order valence-corrected chi connectivity index (χ0v) is 11.2. The molecule has 2 rings (SSSR count). The van der Waals surface area contributed by atoms with E-state index in [-0.39, 0.29) is 11.3 Å². The molecule has 5 heteroatoms. The van der Waals surface area contributed by atoms with E-state index in [0.717, 1.165) is 12.1 Å². The lowest BCUT2D eigenvalue weighted by molar-refractivity contribution is 0.209. The SMILES string of the molecule is COc1cc(N)c([C@@H](O)c2c(F)cccc2F)cc1C. The number of benzene rings is 2. The molecule has 0 saturated carbocycles. The van der Waals surface area contributed by atoms with Gasteiger partial charge in [-0.15, -0.1) is 0 Å². The number of nitrogens with two attached hydrogens (primary N) is 1. The molecule has 0 aliphatic carbocycles. The zero-order valence-electron chi connectivity index (χ0n) is 11.2. The van der Waals surface area contributed by atoms with E-state index < -0.39 is 23.3 Å². The molecule has 0 spiro atoms. The summed E-state index contributed by atoms with van der Waals surface area (Å²) in [6.07, 6.45) is -1.47. The Balaban J connectivity index is 2.54. The van der Waals surface area contributed by atoms with E-state index in [0.29, 0.717) is 11.3 Å². The van der Waals surface area contributed by atoms with Crippen LogP contribution in [0.3, 0.4) is 0 Å². The molecule has 1 atom stereocenters. The first-order chi connectivity index (χ1) is 9.45. The number of hydrogen-bond donors (Lipinski definition) is 2. The van der Waals surface area contributed by atoms with E-state index in [2.05, 4.69) is 0 Å². The van der Waals surface area contributed by atoms with E-state index in [1.165, 1.54) is 19.2 Å². The average Bonchev–Trinajstić information content (AvgIpc) is 2.40. The van der Waals surface area contributed by atoms with Gasteiger partial charge >= 0.3 is 0 Å². The number of methoxy groups -OCH3 is 1. The van der Waals surface area contributed by atoms with E-state index in [1.807, 2.05) is 0 Å². The summed E-state index contributed by atoms with van der Waals surface area (Å²) in [6, 6.07) is 6.50. The molecule has 2 aromatic carbocycles. The van der Waals surface area contributed by atoms with Crippen molar-refractivity contribution in [3.05, 3.63) is 58.7 Å². The van der Waals surface area contributed by atoms with Crippen molar-refractivity contribution in [3.63, 3.8) is 0 Å². The monoisotopic (exact) mass is 279 g/mol. The van der Waals surface area contributed by atoms with Gasteiger partial charge in [-0.3, -0.25) is 0 Å². The minimum Gasteiger partial charge on any atom is -0.496 e. The van der Waals surface area contributed by atoms with Crippen LogP contribution < -0.4 is 10.5 Å². The highest BCUT2D eigenvalue weighted by Gasteiger charge is 2.22. The van der Waals surface area contributed by atoms with Crippen molar-refractivity contribution in [1.29, 1.82) is 0 Å². The van der Waals surface area contributed by atoms with E-state index >= 15 is 0 Å². The fourth-order valence-corrected chi connectivity index (χ4v) is 2.11. The molecule has 0 fully saturated rings. The van der Waals surface area contributed by atoms with Crippen LogP contribution in [0.25, 0.3) is 0 Å². The number of aliphatic hydroxyl groups excluding tert-OH is 1. The van der Waals surface area contributed by atoms with Crippen molar-refractivity contribution in [3.8, 4) is 5.75 Å². The maximum atomic E-state index is 13.7. The van der Waals surface area contributed by atoms with Gasteiger partial charge in [-0.25, -0.2) is 8.78 Å². The molecule has 2 aromatic rings. The Kier molecular flexibility index (Phi) is 3.90. The molecular weight excluding hydrogens is 264 g/mol. The summed E-state index contributed by atoms with van der Waals surface area (Å²) in [5.41, 5.74) is 6.58. The minimum atomic E-state index is -1.47. The second-order valence-corrected chi connectivity index (χ2v) is 4.49. The molecule has 0 radical (unpaired) electrons. The third-order valence-electron chi connectivity index (χ3n) is 3.17. The molecule has 0 heterocycles. The van der Waals surface area contributed by atoms with Crippen LogP contribution in [-0.4, -0.2) is 12.2 Å². The summed E-state index contributed by atoms with van der Waals surface area (Å²) in [7, 11) is 1.49. The molecule has 20 heavy (non-hydrogen) atoms. The summed E-state index contributed by atoms with van der Waals surface area (Å²) in [6.45, 7) is 1.76. The maximum Gasteiger partial charge on any atom is 0.132 e. The van der Waals surface area contributed by atoms with Crippen LogP contribution in [0, 0.1) is 18.6 Å². The maximum absolute atomic E-state index is 13.7. The average molecular weight is 279 g/mol. The molecule has 0 unspecified atom stereocenters. The Hall–Kier alpha value is -2.14. The predicted octanol–water partition coefficient (Wildman–Crippen LogP) is 2.95. The first-order valence-electron chi connectivity index (χ1n) is 6.01. The van der Waals surface area contributed by atoms with Crippen LogP contribution in [0.4, 0.5) is 14.5 Å². The number of anilines is 1. The van der Waals surface area contributed by atoms with Crippen LogP contribution in [0.15, 0.2) is 30.3 Å². The van der Waals surface area contributed by atoms with Crippen molar-refractivity contribution >= 4 is 5.69 Å². The molecule has 106 valence electrons. The van der Waals surface area contributed by atoms with Gasteiger partial charge in [0, 0.05) is 17.3 Å². The molecule has 0 amide bonds. The molecule has 0 aromatic heterocycles. The van der Waals surface area contributed by atoms with Crippen LogP contribution in [0.1, 0.15) is 22.8 Å². The van der Waals surface area contributed by atoms with Crippen molar-refractivity contribution in [2.24, 2.45) is 0 Å². The number of hydrogen-bond acceptors (Lipinski definition) is 3. The molecular formula is C15H15F2NO2. The van der Waals surface area contributed by atoms with Gasteiger partial charge in [-0.1, -0.05) is 6.07 Å². The number of halogens is 2. The second-order valence-electron chi connectivity index (χ2n) is 4.49. The van der Waals surface area contributed by atoms with Gasteiger partial charge < -0.3 is 15.6 Å². The van der Waals surface area contributed by atoms with Crippen molar-refractivity contribution in [1.82, 2.24) is 0 Å². The summed E-state index contributed by atoms with van der Waals surface area (Å²) < 4.78 is 32.5. The lowest BCUT2D eigenvalue weighted by Crippen LogP contribution is -2.09. The van der Waals surface area contributed by atoms with E-state index in [9.17, 15) is 13.9 Å². The Labute approximate surface area is 115 Å². The van der Waals surface area contributed by atoms with Crippen LogP contribution in [0.5, 0.6) is 5.75 Å². The molecule has 0 aliphatic heterocycles. The van der Waals surface area contributed by atoms with Gasteiger partial charge in [-0.2, -0.15) is 0 Å². The topological polar surface area (TPSA) is 55.5 Å².